The van der Waals surface area contributed by atoms with Gasteiger partial charge in [-0.15, -0.1) is 5.10 Å². The van der Waals surface area contributed by atoms with Gasteiger partial charge in [-0.1, -0.05) is 65.3 Å². The van der Waals surface area contributed by atoms with Gasteiger partial charge < -0.3 is 0 Å². The number of hydrogen-bond donors (Lipinski definition) is 0. The van der Waals surface area contributed by atoms with Crippen LogP contribution >= 0.6 is 47.2 Å². The minimum atomic E-state index is 0.577. The Balaban J connectivity index is 1.64. The molecule has 4 rings (SSSR count). The summed E-state index contributed by atoms with van der Waals surface area (Å²) in [4.78, 5) is 1.12. The lowest BCUT2D eigenvalue weighted by Crippen LogP contribution is -1.99. The lowest BCUT2D eigenvalue weighted by atomic mass is 10.3. The predicted molar refractivity (Wildman–Crippen MR) is 134 cm³/mol. The van der Waals surface area contributed by atoms with Crippen LogP contribution in [0.25, 0.3) is 17.5 Å². The lowest BCUT2D eigenvalue weighted by molar-refractivity contribution is 0.857. The highest BCUT2D eigenvalue weighted by Crippen LogP contribution is 2.22. The number of nitrogens with zero attached hydrogens (tertiary/aromatic N) is 3. The molecule has 31 heavy (non-hydrogen) atoms. The maximum Gasteiger partial charge on any atom is 0.207 e. The Morgan fingerprint density at radius 1 is 0.774 bits per heavy atom. The molecule has 1 heterocycles. The third-order valence-corrected chi connectivity index (χ3v) is 6.04. The highest BCUT2D eigenvalue weighted by molar-refractivity contribution is 8.02. The van der Waals surface area contributed by atoms with Crippen molar-refractivity contribution in [3.05, 3.63) is 117 Å². The van der Waals surface area contributed by atoms with Crippen molar-refractivity contribution in [2.45, 2.75) is 4.90 Å². The molecule has 0 aliphatic rings. The first-order chi connectivity index (χ1) is 15.1. The molecule has 0 N–H and O–H groups in total. The highest BCUT2D eigenvalue weighted by Gasteiger charge is 2.11. The zero-order valence-electron chi connectivity index (χ0n) is 16.2. The van der Waals surface area contributed by atoms with Crippen molar-refractivity contribution in [3.63, 3.8) is 0 Å². The molecule has 0 spiro atoms. The van der Waals surface area contributed by atoms with Crippen molar-refractivity contribution < 1.29 is 0 Å². The zero-order chi connectivity index (χ0) is 21.6. The Morgan fingerprint density at radius 3 is 2.10 bits per heavy atom. The number of hydrogen-bond acceptors (Lipinski definition) is 3. The van der Waals surface area contributed by atoms with E-state index in [4.69, 9.17) is 40.5 Å². The molecule has 7 heteroatoms. The zero-order valence-corrected chi connectivity index (χ0v) is 19.4. The summed E-state index contributed by atoms with van der Waals surface area (Å²) in [5, 5.41) is 8.15. The van der Waals surface area contributed by atoms with E-state index in [0.29, 0.717) is 9.79 Å². The van der Waals surface area contributed by atoms with Crippen LogP contribution in [0, 0.1) is 4.77 Å². The van der Waals surface area contributed by atoms with Crippen LogP contribution < -0.4 is 0 Å². The summed E-state index contributed by atoms with van der Waals surface area (Å²) in [5.41, 5.74) is 1.81. The predicted octanol–water partition coefficient (Wildman–Crippen LogP) is 8.02. The van der Waals surface area contributed by atoms with Gasteiger partial charge in [0.2, 0.25) is 4.77 Å². The first kappa shape index (κ1) is 21.7. The Bertz CT molecular complexity index is 1270. The second-order valence-corrected chi connectivity index (χ2v) is 8.68. The molecule has 154 valence electrons. The van der Waals surface area contributed by atoms with Gasteiger partial charge in [0.25, 0.3) is 0 Å². The number of allylic oxidation sites excluding steroid dienone is 2. The fourth-order valence-electron chi connectivity index (χ4n) is 2.88. The lowest BCUT2D eigenvalue weighted by Gasteiger charge is -2.04. The second kappa shape index (κ2) is 10.2. The fraction of sp³-hybridized carbons (Fsp3) is 0. The summed E-state index contributed by atoms with van der Waals surface area (Å²) < 4.78 is 4.26. The van der Waals surface area contributed by atoms with Crippen molar-refractivity contribution in [1.29, 1.82) is 0 Å². The number of rotatable bonds is 6. The molecule has 0 amide bonds. The number of aromatic nitrogens is 3. The number of benzene rings is 3. The monoisotopic (exact) mass is 481 g/mol. The van der Waals surface area contributed by atoms with Crippen LogP contribution in [0.5, 0.6) is 0 Å². The third kappa shape index (κ3) is 5.38. The van der Waals surface area contributed by atoms with Gasteiger partial charge >= 0.3 is 0 Å². The van der Waals surface area contributed by atoms with Gasteiger partial charge in [-0.2, -0.15) is 0 Å². The van der Waals surface area contributed by atoms with Gasteiger partial charge in [0.1, 0.15) is 0 Å². The Labute approximate surface area is 200 Å². The van der Waals surface area contributed by atoms with E-state index in [2.05, 4.69) is 0 Å². The van der Waals surface area contributed by atoms with Crippen LogP contribution in [0.3, 0.4) is 0 Å². The van der Waals surface area contributed by atoms with E-state index in [-0.39, 0.29) is 0 Å². The van der Waals surface area contributed by atoms with E-state index in [1.54, 1.807) is 16.4 Å². The fourth-order valence-corrected chi connectivity index (χ4v) is 4.10. The van der Waals surface area contributed by atoms with E-state index in [1.165, 1.54) is 0 Å². The van der Waals surface area contributed by atoms with E-state index < -0.39 is 0 Å². The topological polar surface area (TPSA) is 22.8 Å². The van der Waals surface area contributed by atoms with Crippen LogP contribution in [-0.2, 0) is 0 Å². The van der Waals surface area contributed by atoms with Crippen LogP contribution in [0.4, 0.5) is 0 Å². The van der Waals surface area contributed by atoms with E-state index in [0.717, 1.165) is 27.1 Å². The minimum absolute atomic E-state index is 0.577. The van der Waals surface area contributed by atoms with Crippen molar-refractivity contribution >= 4 is 53.3 Å². The maximum atomic E-state index is 6.03. The quantitative estimate of drug-likeness (QED) is 0.158. The molecule has 0 saturated carbocycles. The molecule has 4 aromatic rings. The molecule has 0 atom stereocenters. The molecule has 0 radical (unpaired) electrons. The van der Waals surface area contributed by atoms with Gasteiger partial charge in [0, 0.05) is 20.6 Å². The van der Waals surface area contributed by atoms with Gasteiger partial charge in [-0.25, -0.2) is 4.68 Å². The molecule has 0 aliphatic heterocycles. The molecule has 0 aliphatic carbocycles. The highest BCUT2D eigenvalue weighted by atomic mass is 35.5. The van der Waals surface area contributed by atoms with Gasteiger partial charge in [-0.05, 0) is 84.4 Å². The number of halogens is 2. The molecule has 3 nitrogen and oxygen atoms in total. The smallest absolute Gasteiger partial charge is 0.207 e. The van der Waals surface area contributed by atoms with Crippen LogP contribution in [0.1, 0.15) is 5.82 Å². The van der Waals surface area contributed by atoms with Crippen molar-refractivity contribution in [2.24, 2.45) is 0 Å². The molecular weight excluding hydrogens is 465 g/mol. The van der Waals surface area contributed by atoms with Crippen molar-refractivity contribution in [1.82, 2.24) is 14.3 Å². The average Bonchev–Trinajstić information content (AvgIpc) is 3.12. The van der Waals surface area contributed by atoms with Crippen molar-refractivity contribution in [3.8, 4) is 11.4 Å². The Kier molecular flexibility index (Phi) is 7.10. The van der Waals surface area contributed by atoms with Gasteiger partial charge in [0.05, 0.1) is 5.69 Å². The Hall–Kier alpha value is -2.57. The molecule has 1 aromatic heterocycles. The van der Waals surface area contributed by atoms with E-state index >= 15 is 0 Å². The SMILES string of the molecule is S=c1n(-c2ccc(Cl)cc2)nc(/C=C\C=C\Sc2ccc(Cl)cc2)n1-c1ccccc1. The summed E-state index contributed by atoms with van der Waals surface area (Å²) >= 11 is 19.3. The standard InChI is InChI=1S/C24H17Cl2N3S2/c25-18-9-13-21(14-10-18)29-24(30)28(20-6-2-1-3-7-20)23(27-29)8-4-5-17-31-22-15-11-19(26)12-16-22/h1-17H/b8-4-,17-5+. The minimum Gasteiger partial charge on any atom is -0.268 e. The third-order valence-electron chi connectivity index (χ3n) is 4.34. The van der Waals surface area contributed by atoms with E-state index in [1.807, 2.05) is 107 Å². The summed E-state index contributed by atoms with van der Waals surface area (Å²) in [7, 11) is 0. The maximum absolute atomic E-state index is 6.03. The number of para-hydroxylation sites is 1. The summed E-state index contributed by atoms with van der Waals surface area (Å²) in [5.74, 6) is 0.729. The Morgan fingerprint density at radius 2 is 1.42 bits per heavy atom. The summed E-state index contributed by atoms with van der Waals surface area (Å²) in [6, 6.07) is 25.1. The second-order valence-electron chi connectivity index (χ2n) is 6.46. The van der Waals surface area contributed by atoms with Crippen molar-refractivity contribution in [2.75, 3.05) is 0 Å². The number of thioether (sulfide) groups is 1. The van der Waals surface area contributed by atoms with Gasteiger partial charge in [-0.3, -0.25) is 4.57 Å². The van der Waals surface area contributed by atoms with Crippen LogP contribution in [-0.4, -0.2) is 14.3 Å². The first-order valence-electron chi connectivity index (χ1n) is 9.41. The first-order valence-corrected chi connectivity index (χ1v) is 11.4. The summed E-state index contributed by atoms with van der Waals surface area (Å²) in [6.45, 7) is 0. The normalized spacial score (nSPS) is 11.5. The molecule has 0 bridgehead atoms. The molecule has 0 saturated heterocycles. The molecule has 0 unspecified atom stereocenters. The molecule has 3 aromatic carbocycles. The van der Waals surface area contributed by atoms with E-state index in [9.17, 15) is 0 Å². The molecule has 0 fully saturated rings. The average molecular weight is 482 g/mol. The molecular formula is C24H17Cl2N3S2. The largest absolute Gasteiger partial charge is 0.268 e. The van der Waals surface area contributed by atoms with Crippen LogP contribution in [0.15, 0.2) is 101 Å². The summed E-state index contributed by atoms with van der Waals surface area (Å²) in [6.07, 6.45) is 5.86. The van der Waals surface area contributed by atoms with Gasteiger partial charge in [0.15, 0.2) is 5.82 Å². The van der Waals surface area contributed by atoms with Crippen LogP contribution in [0.2, 0.25) is 10.0 Å².